The molecule has 16 heavy (non-hydrogen) atoms. The van der Waals surface area contributed by atoms with E-state index in [-0.39, 0.29) is 5.54 Å². The molecule has 2 N–H and O–H groups in total. The zero-order valence-electron chi connectivity index (χ0n) is 9.32. The van der Waals surface area contributed by atoms with Gasteiger partial charge in [-0.3, -0.25) is 0 Å². The van der Waals surface area contributed by atoms with E-state index in [2.05, 4.69) is 24.3 Å². The first-order valence-corrected chi connectivity index (χ1v) is 7.01. The van der Waals surface area contributed by atoms with E-state index in [4.69, 9.17) is 10.5 Å². The van der Waals surface area contributed by atoms with E-state index < -0.39 is 0 Å². The van der Waals surface area contributed by atoms with Gasteiger partial charge < -0.3 is 10.5 Å². The van der Waals surface area contributed by atoms with Gasteiger partial charge in [0.2, 0.25) is 0 Å². The number of thioether (sulfide) groups is 1. The van der Waals surface area contributed by atoms with Gasteiger partial charge in [0.05, 0.1) is 0 Å². The van der Waals surface area contributed by atoms with Gasteiger partial charge in [0.25, 0.3) is 0 Å². The van der Waals surface area contributed by atoms with E-state index in [0.29, 0.717) is 6.10 Å². The second-order valence-electron chi connectivity index (χ2n) is 4.96. The fraction of sp³-hybridized carbons (Fsp3) is 0.538. The highest BCUT2D eigenvalue weighted by atomic mass is 32.2. The number of nitrogens with two attached hydrogens (primary N) is 1. The normalized spacial score (nSPS) is 22.6. The maximum atomic E-state index is 6.09. The molecule has 1 aliphatic carbocycles. The van der Waals surface area contributed by atoms with Crippen molar-refractivity contribution in [2.45, 2.75) is 30.9 Å². The largest absolute Gasteiger partial charge is 0.489 e. The molecule has 1 heterocycles. The highest BCUT2D eigenvalue weighted by Crippen LogP contribution is 2.35. The summed E-state index contributed by atoms with van der Waals surface area (Å²) in [6.07, 6.45) is 3.78. The third kappa shape index (κ3) is 2.36. The predicted octanol–water partition coefficient (Wildman–Crippen LogP) is 2.21. The second kappa shape index (κ2) is 3.97. The maximum Gasteiger partial charge on any atom is 0.119 e. The SMILES string of the molecule is NC1(Cc2ccc(OC3CSC3)cc2)CC1. The standard InChI is InChI=1S/C13H17NOS/c14-13(5-6-13)7-10-1-3-11(4-2-10)15-12-8-16-9-12/h1-4,12H,5-9,14H2. The van der Waals surface area contributed by atoms with Crippen LogP contribution in [-0.4, -0.2) is 23.1 Å². The van der Waals surface area contributed by atoms with Crippen LogP contribution in [0.1, 0.15) is 18.4 Å². The summed E-state index contributed by atoms with van der Waals surface area (Å²) < 4.78 is 5.80. The second-order valence-corrected chi connectivity index (χ2v) is 6.04. The van der Waals surface area contributed by atoms with Gasteiger partial charge in [-0.1, -0.05) is 12.1 Å². The van der Waals surface area contributed by atoms with Crippen molar-refractivity contribution in [1.29, 1.82) is 0 Å². The quantitative estimate of drug-likeness (QED) is 0.869. The molecule has 1 aromatic rings. The molecule has 0 amide bonds. The molecule has 0 aromatic heterocycles. The molecular weight excluding hydrogens is 218 g/mol. The molecule has 1 aromatic carbocycles. The third-order valence-corrected chi connectivity index (χ3v) is 4.50. The van der Waals surface area contributed by atoms with Crippen LogP contribution in [0.25, 0.3) is 0 Å². The van der Waals surface area contributed by atoms with Gasteiger partial charge in [0, 0.05) is 17.0 Å². The summed E-state index contributed by atoms with van der Waals surface area (Å²) in [6.45, 7) is 0. The Morgan fingerprint density at radius 3 is 2.44 bits per heavy atom. The summed E-state index contributed by atoms with van der Waals surface area (Å²) in [4.78, 5) is 0. The van der Waals surface area contributed by atoms with Gasteiger partial charge in [-0.15, -0.1) is 0 Å². The van der Waals surface area contributed by atoms with Crippen molar-refractivity contribution >= 4 is 11.8 Å². The van der Waals surface area contributed by atoms with Gasteiger partial charge in [0.15, 0.2) is 0 Å². The van der Waals surface area contributed by atoms with E-state index in [1.54, 1.807) is 0 Å². The zero-order chi connectivity index (χ0) is 11.0. The molecule has 2 nitrogen and oxygen atoms in total. The topological polar surface area (TPSA) is 35.2 Å². The zero-order valence-corrected chi connectivity index (χ0v) is 10.1. The first-order chi connectivity index (χ1) is 7.73. The van der Waals surface area contributed by atoms with Crippen LogP contribution in [0.2, 0.25) is 0 Å². The molecule has 0 atom stereocenters. The number of ether oxygens (including phenoxy) is 1. The molecule has 0 radical (unpaired) electrons. The Hall–Kier alpha value is -0.670. The molecule has 1 saturated carbocycles. The molecule has 0 bridgehead atoms. The Kier molecular flexibility index (Phi) is 2.60. The molecule has 1 saturated heterocycles. The molecular formula is C13H17NOS. The summed E-state index contributed by atoms with van der Waals surface area (Å²) >= 11 is 1.94. The molecule has 2 fully saturated rings. The van der Waals surface area contributed by atoms with E-state index in [0.717, 1.165) is 23.7 Å². The van der Waals surface area contributed by atoms with Crippen molar-refractivity contribution in [3.63, 3.8) is 0 Å². The van der Waals surface area contributed by atoms with Crippen molar-refractivity contribution in [2.75, 3.05) is 11.5 Å². The van der Waals surface area contributed by atoms with Crippen LogP contribution in [0, 0.1) is 0 Å². The molecule has 3 rings (SSSR count). The van der Waals surface area contributed by atoms with Gasteiger partial charge in [-0.05, 0) is 37.0 Å². The maximum absolute atomic E-state index is 6.09. The fourth-order valence-electron chi connectivity index (χ4n) is 1.90. The number of hydrogen-bond donors (Lipinski definition) is 1. The molecule has 0 spiro atoms. The highest BCUT2D eigenvalue weighted by Gasteiger charge is 2.37. The van der Waals surface area contributed by atoms with Gasteiger partial charge >= 0.3 is 0 Å². The van der Waals surface area contributed by atoms with Crippen LogP contribution in [0.3, 0.4) is 0 Å². The van der Waals surface area contributed by atoms with Gasteiger partial charge in [0.1, 0.15) is 11.9 Å². The van der Waals surface area contributed by atoms with E-state index in [9.17, 15) is 0 Å². The number of rotatable bonds is 4. The predicted molar refractivity (Wildman–Crippen MR) is 68.0 cm³/mol. The fourth-order valence-corrected chi connectivity index (χ4v) is 2.47. The summed E-state index contributed by atoms with van der Waals surface area (Å²) in [5.74, 6) is 3.26. The van der Waals surface area contributed by atoms with Crippen molar-refractivity contribution < 1.29 is 4.74 Å². The van der Waals surface area contributed by atoms with Crippen LogP contribution >= 0.6 is 11.8 Å². The van der Waals surface area contributed by atoms with Crippen LogP contribution in [-0.2, 0) is 6.42 Å². The van der Waals surface area contributed by atoms with E-state index in [1.807, 2.05) is 11.8 Å². The Labute approximate surface area is 101 Å². The van der Waals surface area contributed by atoms with Crippen LogP contribution in [0.15, 0.2) is 24.3 Å². The molecule has 1 aliphatic heterocycles. The summed E-state index contributed by atoms with van der Waals surface area (Å²) in [5, 5.41) is 0. The Morgan fingerprint density at radius 2 is 1.94 bits per heavy atom. The van der Waals surface area contributed by atoms with Crippen molar-refractivity contribution in [2.24, 2.45) is 5.73 Å². The lowest BCUT2D eigenvalue weighted by atomic mass is 10.1. The molecule has 86 valence electrons. The van der Waals surface area contributed by atoms with Crippen molar-refractivity contribution in [3.8, 4) is 5.75 Å². The minimum atomic E-state index is 0.104. The van der Waals surface area contributed by atoms with Gasteiger partial charge in [-0.2, -0.15) is 11.8 Å². The average Bonchev–Trinajstić information content (AvgIpc) is 2.92. The van der Waals surface area contributed by atoms with Crippen LogP contribution in [0.4, 0.5) is 0 Å². The first-order valence-electron chi connectivity index (χ1n) is 5.86. The van der Waals surface area contributed by atoms with E-state index >= 15 is 0 Å². The van der Waals surface area contributed by atoms with Gasteiger partial charge in [-0.25, -0.2) is 0 Å². The lowest BCUT2D eigenvalue weighted by molar-refractivity contribution is 0.240. The third-order valence-electron chi connectivity index (χ3n) is 3.28. The average molecular weight is 235 g/mol. The molecule has 3 heteroatoms. The first kappa shape index (κ1) is 10.5. The molecule has 0 unspecified atom stereocenters. The lowest BCUT2D eigenvalue weighted by Gasteiger charge is -2.25. The Morgan fingerprint density at radius 1 is 1.25 bits per heavy atom. The summed E-state index contributed by atoms with van der Waals surface area (Å²) in [6, 6.07) is 8.44. The summed E-state index contributed by atoms with van der Waals surface area (Å²) in [7, 11) is 0. The lowest BCUT2D eigenvalue weighted by Crippen LogP contribution is -2.31. The molecule has 2 aliphatic rings. The Bertz CT molecular complexity index is 368. The van der Waals surface area contributed by atoms with Crippen LogP contribution in [0.5, 0.6) is 5.75 Å². The number of hydrogen-bond acceptors (Lipinski definition) is 3. The number of benzene rings is 1. The summed E-state index contributed by atoms with van der Waals surface area (Å²) in [5.41, 5.74) is 7.53. The highest BCUT2D eigenvalue weighted by molar-refractivity contribution is 8.00. The monoisotopic (exact) mass is 235 g/mol. The minimum Gasteiger partial charge on any atom is -0.489 e. The van der Waals surface area contributed by atoms with Crippen LogP contribution < -0.4 is 10.5 Å². The smallest absolute Gasteiger partial charge is 0.119 e. The van der Waals surface area contributed by atoms with Crippen molar-refractivity contribution in [1.82, 2.24) is 0 Å². The van der Waals surface area contributed by atoms with Crippen molar-refractivity contribution in [3.05, 3.63) is 29.8 Å². The Balaban J connectivity index is 1.60. The van der Waals surface area contributed by atoms with E-state index in [1.165, 1.54) is 18.4 Å². The minimum absolute atomic E-state index is 0.104.